The molecule has 1 amide bonds. The van der Waals surface area contributed by atoms with Crippen LogP contribution < -0.4 is 5.73 Å². The van der Waals surface area contributed by atoms with Gasteiger partial charge in [0.05, 0.1) is 5.92 Å². The van der Waals surface area contributed by atoms with Crippen LogP contribution in [0.2, 0.25) is 0 Å². The fraction of sp³-hybridized carbons (Fsp3) is 0.818. The molecule has 5 nitrogen and oxygen atoms in total. The number of carboxylic acid groups (broad SMARTS) is 1. The van der Waals surface area contributed by atoms with Crippen LogP contribution in [0.5, 0.6) is 0 Å². The van der Waals surface area contributed by atoms with Crippen molar-refractivity contribution in [1.82, 2.24) is 4.90 Å². The lowest BCUT2D eigenvalue weighted by Gasteiger charge is -2.30. The highest BCUT2D eigenvalue weighted by Gasteiger charge is 2.27. The molecule has 0 aliphatic carbocycles. The van der Waals surface area contributed by atoms with Crippen molar-refractivity contribution in [3.8, 4) is 0 Å². The maximum absolute atomic E-state index is 11.7. The van der Waals surface area contributed by atoms with E-state index in [4.69, 9.17) is 10.8 Å². The predicted octanol–water partition coefficient (Wildman–Crippen LogP) is 0.439. The van der Waals surface area contributed by atoms with E-state index in [1.165, 1.54) is 0 Å². The molecule has 1 fully saturated rings. The van der Waals surface area contributed by atoms with Crippen LogP contribution in [0.15, 0.2) is 0 Å². The summed E-state index contributed by atoms with van der Waals surface area (Å²) in [6.07, 6.45) is 3.61. The van der Waals surface area contributed by atoms with Gasteiger partial charge in [-0.05, 0) is 32.2 Å². The first-order valence-electron chi connectivity index (χ1n) is 5.85. The molecule has 1 atom stereocenters. The van der Waals surface area contributed by atoms with Crippen molar-refractivity contribution in [2.75, 3.05) is 19.6 Å². The third-order valence-electron chi connectivity index (χ3n) is 2.97. The number of unbranched alkanes of at least 4 members (excludes halogenated alkanes) is 1. The number of likely N-dealkylation sites (tertiary alicyclic amines) is 1. The van der Waals surface area contributed by atoms with Gasteiger partial charge < -0.3 is 15.7 Å². The van der Waals surface area contributed by atoms with Gasteiger partial charge in [0.1, 0.15) is 0 Å². The molecule has 0 saturated carbocycles. The van der Waals surface area contributed by atoms with Crippen molar-refractivity contribution in [1.29, 1.82) is 0 Å². The van der Waals surface area contributed by atoms with Crippen LogP contribution in [0.3, 0.4) is 0 Å². The Labute approximate surface area is 95.6 Å². The SMILES string of the molecule is NCCCCC(=O)N1CCC[C@@H](C(=O)O)C1. The average molecular weight is 228 g/mol. The van der Waals surface area contributed by atoms with Crippen LogP contribution in [-0.2, 0) is 9.59 Å². The number of piperidine rings is 1. The van der Waals surface area contributed by atoms with Crippen molar-refractivity contribution in [2.45, 2.75) is 32.1 Å². The van der Waals surface area contributed by atoms with Crippen molar-refractivity contribution < 1.29 is 14.7 Å². The molecule has 1 aliphatic rings. The molecule has 0 aromatic carbocycles. The molecular formula is C11H20N2O3. The van der Waals surface area contributed by atoms with E-state index >= 15 is 0 Å². The van der Waals surface area contributed by atoms with Crippen LogP contribution in [-0.4, -0.2) is 41.5 Å². The first-order chi connectivity index (χ1) is 7.65. The molecule has 0 spiro atoms. The van der Waals surface area contributed by atoms with E-state index in [2.05, 4.69) is 0 Å². The first-order valence-corrected chi connectivity index (χ1v) is 5.85. The summed E-state index contributed by atoms with van der Waals surface area (Å²) < 4.78 is 0. The van der Waals surface area contributed by atoms with E-state index in [0.717, 1.165) is 19.3 Å². The van der Waals surface area contributed by atoms with E-state index in [0.29, 0.717) is 32.5 Å². The number of carbonyl (C=O) groups excluding carboxylic acids is 1. The zero-order chi connectivity index (χ0) is 12.0. The Morgan fingerprint density at radius 1 is 1.38 bits per heavy atom. The Kier molecular flexibility index (Phi) is 5.25. The molecule has 16 heavy (non-hydrogen) atoms. The minimum Gasteiger partial charge on any atom is -0.481 e. The first kappa shape index (κ1) is 13.0. The molecule has 0 unspecified atom stereocenters. The summed E-state index contributed by atoms with van der Waals surface area (Å²) in [5, 5.41) is 8.90. The van der Waals surface area contributed by atoms with Gasteiger partial charge in [0.15, 0.2) is 0 Å². The summed E-state index contributed by atoms with van der Waals surface area (Å²) in [6.45, 7) is 1.67. The second-order valence-electron chi connectivity index (χ2n) is 4.26. The fourth-order valence-electron chi connectivity index (χ4n) is 1.98. The molecule has 3 N–H and O–H groups in total. The molecule has 1 heterocycles. The number of carboxylic acids is 1. The number of nitrogens with zero attached hydrogens (tertiary/aromatic N) is 1. The smallest absolute Gasteiger partial charge is 0.308 e. The fourth-order valence-corrected chi connectivity index (χ4v) is 1.98. The monoisotopic (exact) mass is 228 g/mol. The number of hydrogen-bond donors (Lipinski definition) is 2. The minimum atomic E-state index is -0.792. The summed E-state index contributed by atoms with van der Waals surface area (Å²) in [7, 11) is 0. The standard InChI is InChI=1S/C11H20N2O3/c12-6-2-1-5-10(14)13-7-3-4-9(8-13)11(15)16/h9H,1-8,12H2,(H,15,16)/t9-/m1/s1. The zero-order valence-electron chi connectivity index (χ0n) is 9.52. The van der Waals surface area contributed by atoms with Gasteiger partial charge in [-0.25, -0.2) is 0 Å². The lowest BCUT2D eigenvalue weighted by Crippen LogP contribution is -2.42. The summed E-state index contributed by atoms with van der Waals surface area (Å²) in [4.78, 5) is 24.2. The summed E-state index contributed by atoms with van der Waals surface area (Å²) in [5.41, 5.74) is 5.35. The zero-order valence-corrected chi connectivity index (χ0v) is 9.52. The molecule has 0 bridgehead atoms. The number of aliphatic carboxylic acids is 1. The quantitative estimate of drug-likeness (QED) is 0.669. The second kappa shape index (κ2) is 6.48. The normalized spacial score (nSPS) is 20.8. The van der Waals surface area contributed by atoms with Gasteiger partial charge in [0.2, 0.25) is 5.91 Å². The average Bonchev–Trinajstić information content (AvgIpc) is 2.29. The summed E-state index contributed by atoms with van der Waals surface area (Å²) in [6, 6.07) is 0. The van der Waals surface area contributed by atoms with Gasteiger partial charge >= 0.3 is 5.97 Å². The Bertz CT molecular complexity index is 256. The van der Waals surface area contributed by atoms with Crippen LogP contribution in [0, 0.1) is 5.92 Å². The molecule has 1 saturated heterocycles. The third-order valence-corrected chi connectivity index (χ3v) is 2.97. The van der Waals surface area contributed by atoms with Crippen molar-refractivity contribution in [3.05, 3.63) is 0 Å². The van der Waals surface area contributed by atoms with Gasteiger partial charge in [-0.2, -0.15) is 0 Å². The van der Waals surface area contributed by atoms with E-state index in [1.54, 1.807) is 4.90 Å². The molecule has 5 heteroatoms. The molecule has 92 valence electrons. The number of hydrogen-bond acceptors (Lipinski definition) is 3. The van der Waals surface area contributed by atoms with Gasteiger partial charge in [-0.1, -0.05) is 0 Å². The highest BCUT2D eigenvalue weighted by molar-refractivity contribution is 5.78. The van der Waals surface area contributed by atoms with E-state index in [-0.39, 0.29) is 11.8 Å². The maximum atomic E-state index is 11.7. The van der Waals surface area contributed by atoms with Gasteiger partial charge in [-0.15, -0.1) is 0 Å². The third kappa shape index (κ3) is 3.81. The number of amides is 1. The highest BCUT2D eigenvalue weighted by atomic mass is 16.4. The van der Waals surface area contributed by atoms with Gasteiger partial charge in [-0.3, -0.25) is 9.59 Å². The van der Waals surface area contributed by atoms with Gasteiger partial charge in [0, 0.05) is 19.5 Å². The van der Waals surface area contributed by atoms with Crippen LogP contribution in [0.1, 0.15) is 32.1 Å². The molecule has 0 aromatic rings. The van der Waals surface area contributed by atoms with E-state index < -0.39 is 5.97 Å². The molecule has 1 rings (SSSR count). The number of rotatable bonds is 5. The molecule has 0 aromatic heterocycles. The van der Waals surface area contributed by atoms with Crippen LogP contribution in [0.25, 0.3) is 0 Å². The van der Waals surface area contributed by atoms with E-state index in [1.807, 2.05) is 0 Å². The summed E-state index contributed by atoms with van der Waals surface area (Å²) >= 11 is 0. The lowest BCUT2D eigenvalue weighted by atomic mass is 9.98. The van der Waals surface area contributed by atoms with Crippen molar-refractivity contribution in [2.24, 2.45) is 11.7 Å². The van der Waals surface area contributed by atoms with Crippen LogP contribution in [0.4, 0.5) is 0 Å². The van der Waals surface area contributed by atoms with Crippen LogP contribution >= 0.6 is 0 Å². The molecule has 0 radical (unpaired) electrons. The molecular weight excluding hydrogens is 208 g/mol. The molecule has 1 aliphatic heterocycles. The Hall–Kier alpha value is -1.10. The topological polar surface area (TPSA) is 83.6 Å². The highest BCUT2D eigenvalue weighted by Crippen LogP contribution is 2.17. The Balaban J connectivity index is 2.35. The minimum absolute atomic E-state index is 0.0689. The second-order valence-corrected chi connectivity index (χ2v) is 4.26. The largest absolute Gasteiger partial charge is 0.481 e. The Morgan fingerprint density at radius 2 is 2.12 bits per heavy atom. The number of nitrogens with two attached hydrogens (primary N) is 1. The number of carbonyl (C=O) groups is 2. The summed E-state index contributed by atoms with van der Waals surface area (Å²) in [5.74, 6) is -1.11. The van der Waals surface area contributed by atoms with Crippen molar-refractivity contribution in [3.63, 3.8) is 0 Å². The Morgan fingerprint density at radius 3 is 2.75 bits per heavy atom. The lowest BCUT2D eigenvalue weighted by molar-refractivity contribution is -0.145. The van der Waals surface area contributed by atoms with Gasteiger partial charge in [0.25, 0.3) is 0 Å². The maximum Gasteiger partial charge on any atom is 0.308 e. The predicted molar refractivity (Wildman–Crippen MR) is 59.8 cm³/mol. The van der Waals surface area contributed by atoms with E-state index in [9.17, 15) is 9.59 Å². The van der Waals surface area contributed by atoms with Crippen molar-refractivity contribution >= 4 is 11.9 Å².